The highest BCUT2D eigenvalue weighted by atomic mass is 32.1. The van der Waals surface area contributed by atoms with Crippen LogP contribution in [0.2, 0.25) is 0 Å². The first kappa shape index (κ1) is 21.3. The van der Waals surface area contributed by atoms with Gasteiger partial charge in [-0.05, 0) is 20.4 Å². The molecule has 0 aliphatic rings. The Morgan fingerprint density at radius 3 is 2.78 bits per heavy atom. The summed E-state index contributed by atoms with van der Waals surface area (Å²) in [6, 6.07) is 10.3. The molecule has 2 rings (SSSR count). The van der Waals surface area contributed by atoms with Crippen LogP contribution < -0.4 is 10.6 Å². The molecule has 0 bridgehead atoms. The molecule has 0 radical (unpaired) electrons. The van der Waals surface area contributed by atoms with Crippen LogP contribution in [0.4, 0.5) is 0 Å². The summed E-state index contributed by atoms with van der Waals surface area (Å²) < 4.78 is 5.09. The predicted molar refractivity (Wildman–Crippen MR) is 114 cm³/mol. The molecule has 0 saturated carbocycles. The van der Waals surface area contributed by atoms with Crippen molar-refractivity contribution in [1.29, 1.82) is 0 Å². The first-order chi connectivity index (χ1) is 13.2. The molecule has 0 aliphatic carbocycles. The SMILES string of the molecule is CCNC(=NCc1csc(-c2ccccc2)n1)NCCN(C)CCCOC. The van der Waals surface area contributed by atoms with Crippen molar-refractivity contribution in [3.63, 3.8) is 0 Å². The van der Waals surface area contributed by atoms with Gasteiger partial charge in [-0.15, -0.1) is 11.3 Å². The summed E-state index contributed by atoms with van der Waals surface area (Å²) >= 11 is 1.66. The number of rotatable bonds is 11. The predicted octanol–water partition coefficient (Wildman–Crippen LogP) is 2.83. The lowest BCUT2D eigenvalue weighted by atomic mass is 10.2. The van der Waals surface area contributed by atoms with Gasteiger partial charge in [-0.25, -0.2) is 9.98 Å². The van der Waals surface area contributed by atoms with E-state index in [2.05, 4.69) is 52.0 Å². The minimum Gasteiger partial charge on any atom is -0.385 e. The van der Waals surface area contributed by atoms with E-state index in [1.165, 1.54) is 0 Å². The van der Waals surface area contributed by atoms with E-state index in [0.717, 1.165) is 61.4 Å². The van der Waals surface area contributed by atoms with Crippen molar-refractivity contribution in [2.45, 2.75) is 19.9 Å². The van der Waals surface area contributed by atoms with Gasteiger partial charge in [0.25, 0.3) is 0 Å². The summed E-state index contributed by atoms with van der Waals surface area (Å²) in [5.41, 5.74) is 2.15. The number of aromatic nitrogens is 1. The van der Waals surface area contributed by atoms with Crippen molar-refractivity contribution in [3.8, 4) is 10.6 Å². The van der Waals surface area contributed by atoms with Crippen molar-refractivity contribution in [3.05, 3.63) is 41.4 Å². The van der Waals surface area contributed by atoms with Crippen LogP contribution in [0.15, 0.2) is 40.7 Å². The van der Waals surface area contributed by atoms with Gasteiger partial charge in [-0.3, -0.25) is 0 Å². The number of thiazole rings is 1. The van der Waals surface area contributed by atoms with E-state index in [1.807, 2.05) is 18.2 Å². The number of ether oxygens (including phenoxy) is 1. The number of hydrogen-bond acceptors (Lipinski definition) is 5. The van der Waals surface area contributed by atoms with E-state index in [0.29, 0.717) is 6.54 Å². The van der Waals surface area contributed by atoms with Crippen molar-refractivity contribution < 1.29 is 4.74 Å². The Bertz CT molecular complexity index is 674. The summed E-state index contributed by atoms with van der Waals surface area (Å²) in [4.78, 5) is 11.7. The summed E-state index contributed by atoms with van der Waals surface area (Å²) in [5, 5.41) is 9.81. The van der Waals surface area contributed by atoms with E-state index >= 15 is 0 Å². The molecule has 148 valence electrons. The van der Waals surface area contributed by atoms with E-state index in [4.69, 9.17) is 9.72 Å². The third-order valence-corrected chi connectivity index (χ3v) is 4.93. The molecule has 0 saturated heterocycles. The fourth-order valence-corrected chi connectivity index (χ4v) is 3.37. The molecule has 1 heterocycles. The molecule has 6 nitrogen and oxygen atoms in total. The zero-order valence-corrected chi connectivity index (χ0v) is 17.4. The smallest absolute Gasteiger partial charge is 0.191 e. The first-order valence-corrected chi connectivity index (χ1v) is 10.3. The van der Waals surface area contributed by atoms with Crippen LogP contribution in [-0.2, 0) is 11.3 Å². The highest BCUT2D eigenvalue weighted by Gasteiger charge is 2.05. The van der Waals surface area contributed by atoms with Crippen molar-refractivity contribution >= 4 is 17.3 Å². The Balaban J connectivity index is 1.82. The van der Waals surface area contributed by atoms with Gasteiger partial charge in [0.05, 0.1) is 12.2 Å². The molecule has 27 heavy (non-hydrogen) atoms. The minimum atomic E-state index is 0.572. The van der Waals surface area contributed by atoms with Crippen molar-refractivity contribution in [2.24, 2.45) is 4.99 Å². The van der Waals surface area contributed by atoms with Crippen LogP contribution in [0, 0.1) is 0 Å². The standard InChI is InChI=1S/C20H31N5OS/c1-4-21-20(22-11-13-25(2)12-8-14-26-3)23-15-18-16-27-19(24-18)17-9-6-5-7-10-17/h5-7,9-10,16H,4,8,11-15H2,1-3H3,(H2,21,22,23). The van der Waals surface area contributed by atoms with Crippen LogP contribution in [0.5, 0.6) is 0 Å². The fourth-order valence-electron chi connectivity index (χ4n) is 2.55. The van der Waals surface area contributed by atoms with E-state index in [-0.39, 0.29) is 0 Å². The lowest BCUT2D eigenvalue weighted by Gasteiger charge is -2.18. The van der Waals surface area contributed by atoms with Gasteiger partial charge in [0.15, 0.2) is 5.96 Å². The highest BCUT2D eigenvalue weighted by molar-refractivity contribution is 7.13. The third-order valence-electron chi connectivity index (χ3n) is 3.99. The Hall–Kier alpha value is -1.96. The number of methoxy groups -OCH3 is 1. The summed E-state index contributed by atoms with van der Waals surface area (Å²) in [7, 11) is 3.87. The molecule has 0 aliphatic heterocycles. The summed E-state index contributed by atoms with van der Waals surface area (Å²) in [5.74, 6) is 0.831. The molecular formula is C20H31N5OS. The van der Waals surface area contributed by atoms with Crippen molar-refractivity contribution in [2.75, 3.05) is 46.9 Å². The Kier molecular flexibility index (Phi) is 9.83. The number of benzene rings is 1. The zero-order valence-electron chi connectivity index (χ0n) is 16.6. The molecular weight excluding hydrogens is 358 g/mol. The van der Waals surface area contributed by atoms with Gasteiger partial charge in [-0.1, -0.05) is 30.3 Å². The number of nitrogens with one attached hydrogen (secondary N) is 2. The van der Waals surface area contributed by atoms with Gasteiger partial charge in [0.1, 0.15) is 5.01 Å². The molecule has 2 aromatic rings. The average molecular weight is 390 g/mol. The van der Waals surface area contributed by atoms with Crippen LogP contribution in [0.25, 0.3) is 10.6 Å². The van der Waals surface area contributed by atoms with Crippen LogP contribution in [-0.4, -0.2) is 62.8 Å². The number of aliphatic imine (C=N–C) groups is 1. The number of guanidine groups is 1. The highest BCUT2D eigenvalue weighted by Crippen LogP contribution is 2.23. The Labute approximate surface area is 166 Å². The maximum absolute atomic E-state index is 5.09. The van der Waals surface area contributed by atoms with Gasteiger partial charge < -0.3 is 20.3 Å². The lowest BCUT2D eigenvalue weighted by molar-refractivity contribution is 0.180. The van der Waals surface area contributed by atoms with Crippen LogP contribution in [0.1, 0.15) is 19.0 Å². The Morgan fingerprint density at radius 2 is 2.04 bits per heavy atom. The largest absolute Gasteiger partial charge is 0.385 e. The number of likely N-dealkylation sites (N-methyl/N-ethyl adjacent to an activating group) is 1. The molecule has 7 heteroatoms. The monoisotopic (exact) mass is 389 g/mol. The maximum Gasteiger partial charge on any atom is 0.191 e. The van der Waals surface area contributed by atoms with Crippen molar-refractivity contribution in [1.82, 2.24) is 20.5 Å². The quantitative estimate of drug-likeness (QED) is 0.352. The van der Waals surface area contributed by atoms with Gasteiger partial charge >= 0.3 is 0 Å². The second kappa shape index (κ2) is 12.4. The van der Waals surface area contributed by atoms with Gasteiger partial charge in [0.2, 0.25) is 0 Å². The van der Waals surface area contributed by atoms with Gasteiger partial charge in [-0.2, -0.15) is 0 Å². The van der Waals surface area contributed by atoms with Crippen LogP contribution in [0.3, 0.4) is 0 Å². The molecule has 0 amide bonds. The summed E-state index contributed by atoms with van der Waals surface area (Å²) in [6.07, 6.45) is 1.05. The van der Waals surface area contributed by atoms with E-state index in [1.54, 1.807) is 18.4 Å². The van der Waals surface area contributed by atoms with E-state index < -0.39 is 0 Å². The van der Waals surface area contributed by atoms with Gasteiger partial charge in [0, 0.05) is 50.8 Å². The maximum atomic E-state index is 5.09. The van der Waals surface area contributed by atoms with E-state index in [9.17, 15) is 0 Å². The number of nitrogens with zero attached hydrogens (tertiary/aromatic N) is 3. The first-order valence-electron chi connectivity index (χ1n) is 9.42. The van der Waals surface area contributed by atoms with Crippen LogP contribution >= 0.6 is 11.3 Å². The molecule has 0 fully saturated rings. The number of hydrogen-bond donors (Lipinski definition) is 2. The normalized spacial score (nSPS) is 11.8. The fraction of sp³-hybridized carbons (Fsp3) is 0.500. The minimum absolute atomic E-state index is 0.572. The molecule has 0 unspecified atom stereocenters. The second-order valence-corrected chi connectivity index (χ2v) is 7.14. The Morgan fingerprint density at radius 1 is 1.22 bits per heavy atom. The topological polar surface area (TPSA) is 61.8 Å². The average Bonchev–Trinajstić information content (AvgIpc) is 3.16. The molecule has 1 aromatic heterocycles. The molecule has 0 atom stereocenters. The molecule has 1 aromatic carbocycles. The molecule has 2 N–H and O–H groups in total. The second-order valence-electron chi connectivity index (χ2n) is 6.28. The summed E-state index contributed by atoms with van der Waals surface area (Å²) in [6.45, 7) is 7.13. The third kappa shape index (κ3) is 8.07. The zero-order chi connectivity index (χ0) is 19.3. The molecule has 0 spiro atoms. The lowest BCUT2D eigenvalue weighted by Crippen LogP contribution is -2.41.